The Balaban J connectivity index is 2.05. The zero-order chi connectivity index (χ0) is 16.8. The van der Waals surface area contributed by atoms with Crippen molar-refractivity contribution in [2.45, 2.75) is 6.92 Å². The maximum absolute atomic E-state index is 12.9. The molecule has 0 spiro atoms. The molecule has 2 aromatic carbocycles. The summed E-state index contributed by atoms with van der Waals surface area (Å²) in [5.41, 5.74) is 1.51. The normalized spacial score (nSPS) is 12.7. The third-order valence-electron chi connectivity index (χ3n) is 4.15. The molecule has 0 saturated heterocycles. The number of carbonyl (C=O) groups is 3. The number of furan rings is 1. The van der Waals surface area contributed by atoms with Crippen LogP contribution in [-0.4, -0.2) is 17.3 Å². The molecule has 0 bridgehead atoms. The fourth-order valence-corrected chi connectivity index (χ4v) is 3.07. The standard InChI is InChI=1S/C20H12O4/c1-11(21)15-16-17(22)13-9-5-6-10-14(13)18(23)20(16)24-19(15)12-7-3-2-4-8-12/h2-10H,1H3. The topological polar surface area (TPSA) is 64.3 Å². The first kappa shape index (κ1) is 14.3. The molecule has 0 aliphatic heterocycles. The van der Waals surface area contributed by atoms with Crippen LogP contribution >= 0.6 is 0 Å². The highest BCUT2D eigenvalue weighted by Gasteiger charge is 2.38. The molecule has 1 heterocycles. The quantitative estimate of drug-likeness (QED) is 0.526. The van der Waals surface area contributed by atoms with Crippen molar-refractivity contribution in [1.29, 1.82) is 0 Å². The maximum atomic E-state index is 12.9. The van der Waals surface area contributed by atoms with Crippen LogP contribution < -0.4 is 0 Å². The van der Waals surface area contributed by atoms with Crippen molar-refractivity contribution in [3.05, 3.63) is 82.6 Å². The van der Waals surface area contributed by atoms with Crippen LogP contribution in [-0.2, 0) is 0 Å². The molecule has 4 rings (SSSR count). The summed E-state index contributed by atoms with van der Waals surface area (Å²) in [6, 6.07) is 15.6. The van der Waals surface area contributed by atoms with Crippen LogP contribution in [0.15, 0.2) is 59.0 Å². The summed E-state index contributed by atoms with van der Waals surface area (Å²) in [6.07, 6.45) is 0. The first-order valence-electron chi connectivity index (χ1n) is 7.51. The number of rotatable bonds is 2. The fourth-order valence-electron chi connectivity index (χ4n) is 3.07. The molecule has 0 atom stereocenters. The third kappa shape index (κ3) is 1.90. The van der Waals surface area contributed by atoms with Gasteiger partial charge in [0.25, 0.3) is 0 Å². The van der Waals surface area contributed by atoms with Gasteiger partial charge in [0, 0.05) is 16.7 Å². The van der Waals surface area contributed by atoms with Gasteiger partial charge >= 0.3 is 0 Å². The van der Waals surface area contributed by atoms with Gasteiger partial charge < -0.3 is 4.42 Å². The molecule has 0 fully saturated rings. The Kier molecular flexibility index (Phi) is 3.06. The van der Waals surface area contributed by atoms with Gasteiger partial charge in [0.05, 0.1) is 11.1 Å². The number of benzene rings is 2. The number of fused-ring (bicyclic) bond motifs is 2. The molecule has 1 aromatic heterocycles. The molecule has 1 aliphatic carbocycles. The molecule has 0 radical (unpaired) electrons. The summed E-state index contributed by atoms with van der Waals surface area (Å²) >= 11 is 0. The van der Waals surface area contributed by atoms with Gasteiger partial charge in [0.1, 0.15) is 5.76 Å². The van der Waals surface area contributed by atoms with Gasteiger partial charge in [0.15, 0.2) is 17.3 Å². The minimum absolute atomic E-state index is 0.0530. The second kappa shape index (κ2) is 5.13. The van der Waals surface area contributed by atoms with Gasteiger partial charge in [-0.3, -0.25) is 14.4 Å². The van der Waals surface area contributed by atoms with Crippen molar-refractivity contribution in [2.75, 3.05) is 0 Å². The molecule has 0 N–H and O–H groups in total. The lowest BCUT2D eigenvalue weighted by atomic mass is 9.85. The zero-order valence-electron chi connectivity index (χ0n) is 12.8. The zero-order valence-corrected chi connectivity index (χ0v) is 12.8. The largest absolute Gasteiger partial charge is 0.451 e. The van der Waals surface area contributed by atoms with Crippen LogP contribution in [0, 0.1) is 0 Å². The second-order valence-electron chi connectivity index (χ2n) is 5.64. The Morgan fingerprint density at radius 1 is 0.792 bits per heavy atom. The van der Waals surface area contributed by atoms with Crippen molar-refractivity contribution >= 4 is 17.3 Å². The smallest absolute Gasteiger partial charge is 0.229 e. The number of hydrogen-bond donors (Lipinski definition) is 0. The Morgan fingerprint density at radius 3 is 2.00 bits per heavy atom. The van der Waals surface area contributed by atoms with Crippen LogP contribution in [0.2, 0.25) is 0 Å². The molecule has 1 aliphatic rings. The Morgan fingerprint density at radius 2 is 1.38 bits per heavy atom. The third-order valence-corrected chi connectivity index (χ3v) is 4.15. The van der Waals surface area contributed by atoms with E-state index in [1.54, 1.807) is 48.5 Å². The first-order chi connectivity index (χ1) is 11.6. The highest BCUT2D eigenvalue weighted by molar-refractivity contribution is 6.30. The molecule has 0 saturated carbocycles. The molecule has 3 aromatic rings. The van der Waals surface area contributed by atoms with Gasteiger partial charge in [-0.05, 0) is 6.92 Å². The number of Topliss-reactive ketones (excluding diaryl/α,β-unsaturated/α-hetero) is 1. The van der Waals surface area contributed by atoms with E-state index >= 15 is 0 Å². The lowest BCUT2D eigenvalue weighted by Crippen LogP contribution is -2.20. The van der Waals surface area contributed by atoms with Crippen LogP contribution in [0.5, 0.6) is 0 Å². The van der Waals surface area contributed by atoms with Crippen LogP contribution in [0.1, 0.15) is 49.3 Å². The van der Waals surface area contributed by atoms with Gasteiger partial charge in [-0.2, -0.15) is 0 Å². The van der Waals surface area contributed by atoms with Crippen molar-refractivity contribution < 1.29 is 18.8 Å². The summed E-state index contributed by atoms with van der Waals surface area (Å²) in [7, 11) is 0. The van der Waals surface area contributed by atoms with Gasteiger partial charge in [-0.1, -0.05) is 54.6 Å². The Labute approximate surface area is 137 Å². The van der Waals surface area contributed by atoms with E-state index in [-0.39, 0.29) is 40.0 Å². The van der Waals surface area contributed by atoms with E-state index in [1.165, 1.54) is 6.92 Å². The molecule has 24 heavy (non-hydrogen) atoms. The van der Waals surface area contributed by atoms with E-state index in [0.29, 0.717) is 16.7 Å². The van der Waals surface area contributed by atoms with E-state index in [9.17, 15) is 14.4 Å². The average Bonchev–Trinajstić information content (AvgIpc) is 3.02. The predicted octanol–water partition coefficient (Wildman–Crippen LogP) is 3.92. The van der Waals surface area contributed by atoms with Crippen molar-refractivity contribution in [1.82, 2.24) is 0 Å². The fraction of sp³-hybridized carbons (Fsp3) is 0.0500. The average molecular weight is 316 g/mol. The summed E-state index contributed by atoms with van der Waals surface area (Å²) in [5.74, 6) is -0.814. The number of carbonyl (C=O) groups excluding carboxylic acids is 3. The molecule has 0 amide bonds. The Bertz CT molecular complexity index is 1010. The summed E-state index contributed by atoms with van der Waals surface area (Å²) in [5, 5.41) is 0. The maximum Gasteiger partial charge on any atom is 0.229 e. The van der Waals surface area contributed by atoms with Crippen LogP contribution in [0.3, 0.4) is 0 Å². The minimum Gasteiger partial charge on any atom is -0.451 e. The highest BCUT2D eigenvalue weighted by Crippen LogP contribution is 2.37. The first-order valence-corrected chi connectivity index (χ1v) is 7.51. The number of hydrogen-bond acceptors (Lipinski definition) is 4. The Hall–Kier alpha value is -3.27. The van der Waals surface area contributed by atoms with Crippen molar-refractivity contribution in [3.8, 4) is 11.3 Å². The second-order valence-corrected chi connectivity index (χ2v) is 5.64. The molecule has 0 unspecified atom stereocenters. The molecular formula is C20H12O4. The lowest BCUT2D eigenvalue weighted by Gasteiger charge is -2.13. The number of ketones is 3. The van der Waals surface area contributed by atoms with Gasteiger partial charge in [0.2, 0.25) is 5.78 Å². The van der Waals surface area contributed by atoms with Crippen LogP contribution in [0.25, 0.3) is 11.3 Å². The van der Waals surface area contributed by atoms with E-state index in [0.717, 1.165) is 0 Å². The van der Waals surface area contributed by atoms with Crippen molar-refractivity contribution in [2.24, 2.45) is 0 Å². The van der Waals surface area contributed by atoms with Crippen LogP contribution in [0.4, 0.5) is 0 Å². The van der Waals surface area contributed by atoms with E-state index in [4.69, 9.17) is 4.42 Å². The summed E-state index contributed by atoms with van der Waals surface area (Å²) in [4.78, 5) is 37.8. The minimum atomic E-state index is -0.370. The van der Waals surface area contributed by atoms with E-state index < -0.39 is 0 Å². The van der Waals surface area contributed by atoms with Gasteiger partial charge in [-0.25, -0.2) is 0 Å². The van der Waals surface area contributed by atoms with Gasteiger partial charge in [-0.15, -0.1) is 0 Å². The summed E-state index contributed by atoms with van der Waals surface area (Å²) in [6.45, 7) is 1.37. The monoisotopic (exact) mass is 316 g/mol. The van der Waals surface area contributed by atoms with E-state index in [2.05, 4.69) is 0 Å². The van der Waals surface area contributed by atoms with E-state index in [1.807, 2.05) is 6.07 Å². The van der Waals surface area contributed by atoms with Crippen molar-refractivity contribution in [3.63, 3.8) is 0 Å². The molecular weight excluding hydrogens is 304 g/mol. The summed E-state index contributed by atoms with van der Waals surface area (Å²) < 4.78 is 5.73. The molecule has 4 nitrogen and oxygen atoms in total. The molecule has 116 valence electrons. The molecule has 4 heteroatoms. The lowest BCUT2D eigenvalue weighted by molar-refractivity contribution is 0.0957. The SMILES string of the molecule is CC(=O)c1c(-c2ccccc2)oc2c1C(=O)c1ccccc1C2=O. The predicted molar refractivity (Wildman–Crippen MR) is 87.5 cm³/mol. The highest BCUT2D eigenvalue weighted by atomic mass is 16.4.